The van der Waals surface area contributed by atoms with Crippen LogP contribution in [0.4, 0.5) is 0 Å². The second-order valence-corrected chi connectivity index (χ2v) is 2.35. The maximum atomic E-state index is 9.65. The fraction of sp³-hybridized carbons (Fsp3) is 0.667. The standard InChI is InChI=1S/C3H7NO3.Fe.H2O4S/c4-2(1-5)3(6)7;;1-5(2,3)4/h2,5H,1,4H2,(H,6,7);;(H2,1,2,3,4)/q;+2;/p-2. The van der Waals surface area contributed by atoms with E-state index in [9.17, 15) is 4.79 Å². The number of hydrogen-bond acceptors (Lipinski definition) is 7. The molecule has 0 aromatic carbocycles. The van der Waals surface area contributed by atoms with Crippen LogP contribution in [0.15, 0.2) is 0 Å². The summed E-state index contributed by atoms with van der Waals surface area (Å²) in [5, 5.41) is 15.9. The molecular weight excluding hydrogens is 250 g/mol. The minimum absolute atomic E-state index is 0. The number of aliphatic hydroxyl groups excluding tert-OH is 1. The van der Waals surface area contributed by atoms with Gasteiger partial charge >= 0.3 is 23.0 Å². The average Bonchev–Trinajstić information content (AvgIpc) is 1.82. The van der Waals surface area contributed by atoms with E-state index in [1.165, 1.54) is 0 Å². The van der Waals surface area contributed by atoms with Gasteiger partial charge in [0.2, 0.25) is 0 Å². The minimum Gasteiger partial charge on any atom is -0.759 e. The third-order valence-corrected chi connectivity index (χ3v) is 0.514. The number of aliphatic hydroxyl groups is 1. The Labute approximate surface area is 84.8 Å². The molecule has 0 fully saturated rings. The normalized spacial score (nSPS) is 11.7. The van der Waals surface area contributed by atoms with Gasteiger partial charge in [0.15, 0.2) is 0 Å². The number of nitrogens with two attached hydrogens (primary N) is 1. The van der Waals surface area contributed by atoms with Gasteiger partial charge in [-0.05, 0) is 0 Å². The van der Waals surface area contributed by atoms with Gasteiger partial charge in [-0.3, -0.25) is 13.2 Å². The number of carbonyl (C=O) groups is 1. The van der Waals surface area contributed by atoms with Gasteiger partial charge in [0, 0.05) is 10.4 Å². The summed E-state index contributed by atoms with van der Waals surface area (Å²) >= 11 is 0. The first-order valence-corrected chi connectivity index (χ1v) is 3.77. The number of rotatable bonds is 2. The van der Waals surface area contributed by atoms with Crippen LogP contribution in [0.2, 0.25) is 0 Å². The summed E-state index contributed by atoms with van der Waals surface area (Å²) in [5.74, 6) is -1.18. The zero-order chi connectivity index (χ0) is 10.4. The number of hydrogen-bond donors (Lipinski definition) is 3. The van der Waals surface area contributed by atoms with Gasteiger partial charge < -0.3 is 25.1 Å². The van der Waals surface area contributed by atoms with Crippen LogP contribution in [0.25, 0.3) is 0 Å². The molecular formula is C3H7FeNO7S. The van der Waals surface area contributed by atoms with Gasteiger partial charge in [0.25, 0.3) is 0 Å². The molecule has 0 saturated carbocycles. The van der Waals surface area contributed by atoms with E-state index in [-0.39, 0.29) is 17.1 Å². The van der Waals surface area contributed by atoms with E-state index in [1.807, 2.05) is 0 Å². The molecule has 10 heteroatoms. The summed E-state index contributed by atoms with van der Waals surface area (Å²) in [6.07, 6.45) is 0. The molecule has 1 atom stereocenters. The molecule has 0 rings (SSSR count). The summed E-state index contributed by atoms with van der Waals surface area (Å²) in [6, 6.07) is -1.13. The Hall–Kier alpha value is -0.221. The van der Waals surface area contributed by atoms with Crippen LogP contribution in [0.5, 0.6) is 0 Å². The van der Waals surface area contributed by atoms with Crippen molar-refractivity contribution in [3.05, 3.63) is 0 Å². The Kier molecular flexibility index (Phi) is 12.0. The predicted molar refractivity (Wildman–Crippen MR) is 33.2 cm³/mol. The fourth-order valence-corrected chi connectivity index (χ4v) is 0.0781. The number of carboxylic acids is 1. The maximum absolute atomic E-state index is 9.65. The van der Waals surface area contributed by atoms with Crippen LogP contribution in [-0.4, -0.2) is 46.4 Å². The fourth-order valence-electron chi connectivity index (χ4n) is 0.0781. The third kappa shape index (κ3) is 33.7. The van der Waals surface area contributed by atoms with Gasteiger partial charge in [0.1, 0.15) is 6.04 Å². The first kappa shape index (κ1) is 18.5. The average molecular weight is 257 g/mol. The summed E-state index contributed by atoms with van der Waals surface area (Å²) < 4.78 is 34.1. The van der Waals surface area contributed by atoms with Crippen LogP contribution in [-0.2, 0) is 32.3 Å². The van der Waals surface area contributed by atoms with E-state index in [1.54, 1.807) is 0 Å². The first-order valence-electron chi connectivity index (χ1n) is 2.44. The molecule has 0 aromatic rings. The van der Waals surface area contributed by atoms with Crippen molar-refractivity contribution in [3.8, 4) is 0 Å². The Balaban J connectivity index is -0.000000150. The smallest absolute Gasteiger partial charge is 0.759 e. The van der Waals surface area contributed by atoms with Crippen molar-refractivity contribution in [1.82, 2.24) is 0 Å². The number of aliphatic carboxylic acids is 1. The summed E-state index contributed by atoms with van der Waals surface area (Å²) in [5.41, 5.74) is 4.77. The molecule has 0 aromatic heterocycles. The van der Waals surface area contributed by atoms with Crippen molar-refractivity contribution in [2.45, 2.75) is 6.04 Å². The topological polar surface area (TPSA) is 164 Å². The van der Waals surface area contributed by atoms with Crippen LogP contribution in [0.3, 0.4) is 0 Å². The Bertz CT molecular complexity index is 218. The van der Waals surface area contributed by atoms with E-state index < -0.39 is 29.0 Å². The monoisotopic (exact) mass is 257 g/mol. The molecule has 13 heavy (non-hydrogen) atoms. The van der Waals surface area contributed by atoms with E-state index in [0.717, 1.165) is 0 Å². The maximum Gasteiger partial charge on any atom is 2.00 e. The molecule has 0 bridgehead atoms. The van der Waals surface area contributed by atoms with Crippen LogP contribution in [0.1, 0.15) is 0 Å². The summed E-state index contributed by atoms with van der Waals surface area (Å²) in [4.78, 5) is 9.65. The van der Waals surface area contributed by atoms with Crippen LogP contribution >= 0.6 is 0 Å². The molecule has 0 aliphatic rings. The van der Waals surface area contributed by atoms with E-state index in [4.69, 9.17) is 33.5 Å². The molecule has 0 amide bonds. The molecule has 0 aliphatic heterocycles. The predicted octanol–water partition coefficient (Wildman–Crippen LogP) is -2.95. The summed E-state index contributed by atoms with van der Waals surface area (Å²) in [6.45, 7) is -0.505. The van der Waals surface area contributed by atoms with Crippen molar-refractivity contribution in [2.24, 2.45) is 5.73 Å². The van der Waals surface area contributed by atoms with Gasteiger partial charge in [-0.15, -0.1) is 0 Å². The molecule has 4 N–H and O–H groups in total. The largest absolute Gasteiger partial charge is 2.00 e. The first-order chi connectivity index (χ1) is 5.18. The summed E-state index contributed by atoms with van der Waals surface area (Å²) in [7, 11) is -5.17. The number of carboxylic acid groups (broad SMARTS) is 1. The molecule has 1 unspecified atom stereocenters. The Morgan fingerprint density at radius 1 is 1.46 bits per heavy atom. The molecule has 8 nitrogen and oxygen atoms in total. The Morgan fingerprint density at radius 2 is 1.69 bits per heavy atom. The molecule has 0 heterocycles. The van der Waals surface area contributed by atoms with E-state index in [0.29, 0.717) is 0 Å². The van der Waals surface area contributed by atoms with E-state index >= 15 is 0 Å². The quantitative estimate of drug-likeness (QED) is 0.268. The molecule has 0 aliphatic carbocycles. The van der Waals surface area contributed by atoms with Gasteiger partial charge in [-0.25, -0.2) is 0 Å². The van der Waals surface area contributed by atoms with Crippen molar-refractivity contribution in [1.29, 1.82) is 0 Å². The van der Waals surface area contributed by atoms with Crippen molar-refractivity contribution in [2.75, 3.05) is 6.61 Å². The zero-order valence-electron chi connectivity index (χ0n) is 6.06. The third-order valence-electron chi connectivity index (χ3n) is 0.514. The molecule has 0 spiro atoms. The second-order valence-electron chi connectivity index (χ2n) is 1.54. The molecule has 0 saturated heterocycles. The van der Waals surface area contributed by atoms with Gasteiger partial charge in [0.05, 0.1) is 6.61 Å². The van der Waals surface area contributed by atoms with Crippen molar-refractivity contribution < 1.29 is 49.6 Å². The minimum atomic E-state index is -5.17. The van der Waals surface area contributed by atoms with E-state index in [2.05, 4.69) is 0 Å². The Morgan fingerprint density at radius 3 is 1.69 bits per heavy atom. The van der Waals surface area contributed by atoms with Crippen LogP contribution < -0.4 is 5.73 Å². The molecule has 0 radical (unpaired) electrons. The zero-order valence-corrected chi connectivity index (χ0v) is 7.98. The second kappa shape index (κ2) is 8.38. The van der Waals surface area contributed by atoms with Crippen molar-refractivity contribution in [3.63, 3.8) is 0 Å². The van der Waals surface area contributed by atoms with Gasteiger partial charge in [-0.1, -0.05) is 0 Å². The SMILES string of the molecule is NC(CO)C(=O)O.O=S(=O)([O-])[O-].[Fe+2]. The van der Waals surface area contributed by atoms with Crippen LogP contribution in [0, 0.1) is 0 Å². The molecule has 80 valence electrons. The van der Waals surface area contributed by atoms with Gasteiger partial charge in [-0.2, -0.15) is 0 Å². The van der Waals surface area contributed by atoms with Crippen molar-refractivity contribution >= 4 is 16.4 Å².